The van der Waals surface area contributed by atoms with E-state index in [0.29, 0.717) is 13.0 Å². The van der Waals surface area contributed by atoms with Crippen molar-refractivity contribution in [3.63, 3.8) is 0 Å². The summed E-state index contributed by atoms with van der Waals surface area (Å²) < 4.78 is 0. The van der Waals surface area contributed by atoms with Gasteiger partial charge in [-0.05, 0) is 17.9 Å². The highest BCUT2D eigenvalue weighted by Crippen LogP contribution is 2.17. The number of amides is 1. The Morgan fingerprint density at radius 3 is 2.25 bits per heavy atom. The number of hydrogen-bond acceptors (Lipinski definition) is 1. The van der Waals surface area contributed by atoms with E-state index >= 15 is 0 Å². The zero-order valence-electron chi connectivity index (χ0n) is 10.6. The lowest BCUT2D eigenvalue weighted by Gasteiger charge is -2.17. The van der Waals surface area contributed by atoms with Crippen LogP contribution in [0.25, 0.3) is 0 Å². The zero-order valence-corrected chi connectivity index (χ0v) is 10.6. The lowest BCUT2D eigenvalue weighted by atomic mass is 9.92. The maximum atomic E-state index is 11.6. The molecule has 0 spiro atoms. The van der Waals surface area contributed by atoms with Gasteiger partial charge in [-0.3, -0.25) is 4.79 Å². The molecule has 0 bridgehead atoms. The van der Waals surface area contributed by atoms with E-state index in [4.69, 9.17) is 0 Å². The lowest BCUT2D eigenvalue weighted by Crippen LogP contribution is -2.27. The Balaban J connectivity index is 2.40. The average molecular weight is 219 g/mol. The van der Waals surface area contributed by atoms with Crippen LogP contribution in [0.5, 0.6) is 0 Å². The summed E-state index contributed by atoms with van der Waals surface area (Å²) in [4.78, 5) is 11.6. The number of carbonyl (C=O) groups excluding carboxylic acids is 1. The van der Waals surface area contributed by atoms with Gasteiger partial charge in [-0.2, -0.15) is 0 Å². The number of rotatable bonds is 3. The minimum Gasteiger partial charge on any atom is -0.352 e. The number of aryl methyl sites for hydroxylation is 1. The molecule has 0 atom stereocenters. The standard InChI is InChI=1S/C14H21NO/c1-11-5-7-12(8-6-11)10-15-13(16)9-14(2,3)4/h5-8H,9-10H2,1-4H3,(H,15,16). The van der Waals surface area contributed by atoms with Gasteiger partial charge in [-0.1, -0.05) is 50.6 Å². The molecule has 2 nitrogen and oxygen atoms in total. The molecule has 0 saturated carbocycles. The zero-order chi connectivity index (χ0) is 12.2. The van der Waals surface area contributed by atoms with Crippen LogP contribution >= 0.6 is 0 Å². The minimum absolute atomic E-state index is 0.0529. The summed E-state index contributed by atoms with van der Waals surface area (Å²) >= 11 is 0. The topological polar surface area (TPSA) is 29.1 Å². The second kappa shape index (κ2) is 5.15. The third-order valence-electron chi connectivity index (χ3n) is 2.30. The van der Waals surface area contributed by atoms with Crippen LogP contribution < -0.4 is 5.32 Å². The van der Waals surface area contributed by atoms with Crippen molar-refractivity contribution in [2.75, 3.05) is 0 Å². The Morgan fingerprint density at radius 2 is 1.75 bits per heavy atom. The van der Waals surface area contributed by atoms with Crippen LogP contribution in [0.1, 0.15) is 38.3 Å². The molecule has 1 amide bonds. The molecule has 0 aliphatic carbocycles. The average Bonchev–Trinajstić information content (AvgIpc) is 2.14. The summed E-state index contributed by atoms with van der Waals surface area (Å²) in [7, 11) is 0. The van der Waals surface area contributed by atoms with Crippen LogP contribution in [0, 0.1) is 12.3 Å². The Morgan fingerprint density at radius 1 is 1.19 bits per heavy atom. The van der Waals surface area contributed by atoms with E-state index in [9.17, 15) is 4.79 Å². The van der Waals surface area contributed by atoms with Crippen LogP contribution in [0.15, 0.2) is 24.3 Å². The van der Waals surface area contributed by atoms with Crippen LogP contribution in [-0.4, -0.2) is 5.91 Å². The van der Waals surface area contributed by atoms with Gasteiger partial charge in [0.25, 0.3) is 0 Å². The summed E-state index contributed by atoms with van der Waals surface area (Å²) in [6, 6.07) is 8.22. The summed E-state index contributed by atoms with van der Waals surface area (Å²) in [5, 5.41) is 2.94. The number of nitrogens with one attached hydrogen (secondary N) is 1. The fraction of sp³-hybridized carbons (Fsp3) is 0.500. The fourth-order valence-corrected chi connectivity index (χ4v) is 1.45. The van der Waals surface area contributed by atoms with Crippen molar-refractivity contribution >= 4 is 5.91 Å². The van der Waals surface area contributed by atoms with Crippen molar-refractivity contribution in [2.45, 2.75) is 40.7 Å². The highest BCUT2D eigenvalue weighted by atomic mass is 16.1. The molecule has 1 aromatic rings. The second-order valence-corrected chi connectivity index (χ2v) is 5.50. The van der Waals surface area contributed by atoms with Gasteiger partial charge in [0.05, 0.1) is 0 Å². The third-order valence-corrected chi connectivity index (χ3v) is 2.30. The van der Waals surface area contributed by atoms with Crippen LogP contribution in [0.4, 0.5) is 0 Å². The van der Waals surface area contributed by atoms with Crippen LogP contribution in [0.2, 0.25) is 0 Å². The third kappa shape index (κ3) is 4.96. The number of benzene rings is 1. The van der Waals surface area contributed by atoms with Crippen molar-refractivity contribution in [2.24, 2.45) is 5.41 Å². The first-order valence-electron chi connectivity index (χ1n) is 5.69. The van der Waals surface area contributed by atoms with Gasteiger partial charge in [0.15, 0.2) is 0 Å². The molecule has 1 N–H and O–H groups in total. The molecule has 0 aliphatic heterocycles. The number of carbonyl (C=O) groups is 1. The molecule has 0 unspecified atom stereocenters. The minimum atomic E-state index is 0.0529. The monoisotopic (exact) mass is 219 g/mol. The Kier molecular flexibility index (Phi) is 4.11. The van der Waals surface area contributed by atoms with Gasteiger partial charge in [0, 0.05) is 13.0 Å². The van der Waals surface area contributed by atoms with E-state index in [0.717, 1.165) is 5.56 Å². The summed E-state index contributed by atoms with van der Waals surface area (Å²) in [6.45, 7) is 8.88. The summed E-state index contributed by atoms with van der Waals surface area (Å²) in [5.41, 5.74) is 2.44. The lowest BCUT2D eigenvalue weighted by molar-refractivity contribution is -0.122. The van der Waals surface area contributed by atoms with Gasteiger partial charge in [-0.15, -0.1) is 0 Å². The Hall–Kier alpha value is -1.31. The quantitative estimate of drug-likeness (QED) is 0.831. The predicted molar refractivity (Wildman–Crippen MR) is 67.1 cm³/mol. The van der Waals surface area contributed by atoms with Gasteiger partial charge < -0.3 is 5.32 Å². The van der Waals surface area contributed by atoms with Crippen molar-refractivity contribution in [1.29, 1.82) is 0 Å². The first-order valence-corrected chi connectivity index (χ1v) is 5.69. The molecule has 88 valence electrons. The maximum absolute atomic E-state index is 11.6. The molecule has 0 heterocycles. The molecule has 1 aromatic carbocycles. The first-order chi connectivity index (χ1) is 7.37. The van der Waals surface area contributed by atoms with Gasteiger partial charge in [-0.25, -0.2) is 0 Å². The largest absolute Gasteiger partial charge is 0.352 e. The van der Waals surface area contributed by atoms with E-state index in [1.54, 1.807) is 0 Å². The smallest absolute Gasteiger partial charge is 0.220 e. The first kappa shape index (κ1) is 12.8. The van der Waals surface area contributed by atoms with E-state index in [-0.39, 0.29) is 11.3 Å². The molecular formula is C14H21NO. The molecule has 0 saturated heterocycles. The van der Waals surface area contributed by atoms with E-state index < -0.39 is 0 Å². The maximum Gasteiger partial charge on any atom is 0.220 e. The molecule has 0 aliphatic rings. The molecule has 2 heteroatoms. The molecule has 0 aromatic heterocycles. The van der Waals surface area contributed by atoms with Gasteiger partial charge in [0.2, 0.25) is 5.91 Å². The van der Waals surface area contributed by atoms with E-state index in [2.05, 4.69) is 45.1 Å². The van der Waals surface area contributed by atoms with Crippen molar-refractivity contribution in [1.82, 2.24) is 5.32 Å². The highest BCUT2D eigenvalue weighted by molar-refractivity contribution is 5.76. The molecule has 0 radical (unpaired) electrons. The van der Waals surface area contributed by atoms with E-state index in [1.165, 1.54) is 5.56 Å². The Bertz CT molecular complexity index is 346. The van der Waals surface area contributed by atoms with Gasteiger partial charge >= 0.3 is 0 Å². The van der Waals surface area contributed by atoms with Crippen LogP contribution in [0.3, 0.4) is 0 Å². The molecule has 1 rings (SSSR count). The number of hydrogen-bond donors (Lipinski definition) is 1. The van der Waals surface area contributed by atoms with Crippen molar-refractivity contribution in [3.05, 3.63) is 35.4 Å². The SMILES string of the molecule is Cc1ccc(CNC(=O)CC(C)(C)C)cc1. The Labute approximate surface area is 98.1 Å². The van der Waals surface area contributed by atoms with Gasteiger partial charge in [0.1, 0.15) is 0 Å². The normalized spacial score (nSPS) is 11.2. The van der Waals surface area contributed by atoms with Crippen molar-refractivity contribution in [3.8, 4) is 0 Å². The second-order valence-electron chi connectivity index (χ2n) is 5.50. The summed E-state index contributed by atoms with van der Waals surface area (Å²) in [6.07, 6.45) is 0.568. The van der Waals surface area contributed by atoms with E-state index in [1.807, 2.05) is 12.1 Å². The highest BCUT2D eigenvalue weighted by Gasteiger charge is 2.15. The fourth-order valence-electron chi connectivity index (χ4n) is 1.45. The predicted octanol–water partition coefficient (Wildman–Crippen LogP) is 3.05. The molecule has 16 heavy (non-hydrogen) atoms. The molecule has 0 fully saturated rings. The van der Waals surface area contributed by atoms with Crippen LogP contribution in [-0.2, 0) is 11.3 Å². The molecular weight excluding hydrogens is 198 g/mol. The van der Waals surface area contributed by atoms with Crippen molar-refractivity contribution < 1.29 is 4.79 Å². The summed E-state index contributed by atoms with van der Waals surface area (Å²) in [5.74, 6) is 0.119.